The smallest absolute Gasteiger partial charge is 0.0612 e. The van der Waals surface area contributed by atoms with Crippen LogP contribution in [-0.4, -0.2) is 19.3 Å². The average Bonchev–Trinajstić information content (AvgIpc) is 2.82. The zero-order chi connectivity index (χ0) is 12.1. The Morgan fingerprint density at radius 3 is 2.88 bits per heavy atom. The van der Waals surface area contributed by atoms with Crippen LogP contribution in [0.25, 0.3) is 0 Å². The van der Waals surface area contributed by atoms with Gasteiger partial charge in [-0.1, -0.05) is 23.2 Å². The van der Waals surface area contributed by atoms with E-state index in [1.54, 1.807) is 0 Å². The third kappa shape index (κ3) is 4.06. The minimum Gasteiger partial charge on any atom is -0.385 e. The van der Waals surface area contributed by atoms with Crippen LogP contribution in [0, 0.1) is 0 Å². The van der Waals surface area contributed by atoms with E-state index in [1.807, 2.05) is 18.2 Å². The quantitative estimate of drug-likeness (QED) is 0.805. The molecule has 17 heavy (non-hydrogen) atoms. The van der Waals surface area contributed by atoms with Crippen molar-refractivity contribution in [3.63, 3.8) is 0 Å². The molecule has 1 atom stereocenters. The Kier molecular flexibility index (Phi) is 4.96. The molecule has 1 heterocycles. The summed E-state index contributed by atoms with van der Waals surface area (Å²) < 4.78 is 5.57. The van der Waals surface area contributed by atoms with E-state index in [0.717, 1.165) is 31.7 Å². The molecule has 0 amide bonds. The van der Waals surface area contributed by atoms with Crippen LogP contribution in [0.15, 0.2) is 18.2 Å². The van der Waals surface area contributed by atoms with Gasteiger partial charge in [0, 0.05) is 18.8 Å². The van der Waals surface area contributed by atoms with Gasteiger partial charge in [0.15, 0.2) is 0 Å². The third-order valence-electron chi connectivity index (χ3n) is 2.98. The predicted molar refractivity (Wildman–Crippen MR) is 73.2 cm³/mol. The van der Waals surface area contributed by atoms with Crippen molar-refractivity contribution in [2.75, 3.05) is 18.5 Å². The highest BCUT2D eigenvalue weighted by Gasteiger charge is 2.14. The van der Waals surface area contributed by atoms with Gasteiger partial charge in [0.1, 0.15) is 0 Å². The molecule has 1 aliphatic heterocycles. The Bertz CT molecular complexity index is 364. The molecule has 0 radical (unpaired) electrons. The van der Waals surface area contributed by atoms with Crippen LogP contribution in [-0.2, 0) is 4.74 Å². The lowest BCUT2D eigenvalue weighted by atomic mass is 10.1. The van der Waals surface area contributed by atoms with E-state index in [0.29, 0.717) is 16.1 Å². The Labute approximate surface area is 112 Å². The molecule has 1 fully saturated rings. The van der Waals surface area contributed by atoms with E-state index in [9.17, 15) is 0 Å². The number of halogens is 2. The van der Waals surface area contributed by atoms with Gasteiger partial charge in [-0.3, -0.25) is 0 Å². The fraction of sp³-hybridized carbons (Fsp3) is 0.538. The zero-order valence-electron chi connectivity index (χ0n) is 9.72. The number of anilines is 1. The van der Waals surface area contributed by atoms with E-state index in [4.69, 9.17) is 27.9 Å². The van der Waals surface area contributed by atoms with Gasteiger partial charge >= 0.3 is 0 Å². The third-order valence-corrected chi connectivity index (χ3v) is 3.71. The minimum atomic E-state index is 0.477. The molecular weight excluding hydrogens is 257 g/mol. The first-order valence-corrected chi connectivity index (χ1v) is 6.82. The Balaban J connectivity index is 1.68. The second-order valence-electron chi connectivity index (χ2n) is 4.33. The topological polar surface area (TPSA) is 21.3 Å². The molecule has 0 aliphatic carbocycles. The molecule has 1 saturated heterocycles. The summed E-state index contributed by atoms with van der Waals surface area (Å²) in [6.07, 6.45) is 5.15. The molecule has 1 aromatic carbocycles. The summed E-state index contributed by atoms with van der Waals surface area (Å²) in [5.41, 5.74) is 1.02. The van der Waals surface area contributed by atoms with Crippen molar-refractivity contribution in [1.29, 1.82) is 0 Å². The van der Waals surface area contributed by atoms with Crippen LogP contribution in [0.3, 0.4) is 0 Å². The molecule has 1 N–H and O–H groups in total. The molecule has 0 spiro atoms. The Morgan fingerprint density at radius 2 is 2.18 bits per heavy atom. The van der Waals surface area contributed by atoms with Crippen LogP contribution >= 0.6 is 23.2 Å². The van der Waals surface area contributed by atoms with Crippen LogP contribution in [0.5, 0.6) is 0 Å². The van der Waals surface area contributed by atoms with Crippen molar-refractivity contribution in [3.05, 3.63) is 28.2 Å². The summed E-state index contributed by atoms with van der Waals surface area (Å²) >= 11 is 11.8. The lowest BCUT2D eigenvalue weighted by molar-refractivity contribution is 0.103. The van der Waals surface area contributed by atoms with Gasteiger partial charge in [0.05, 0.1) is 16.1 Å². The summed E-state index contributed by atoms with van der Waals surface area (Å²) in [6, 6.07) is 5.61. The van der Waals surface area contributed by atoms with Crippen molar-refractivity contribution in [1.82, 2.24) is 0 Å². The maximum absolute atomic E-state index is 5.94. The number of benzene rings is 1. The van der Waals surface area contributed by atoms with Crippen LogP contribution in [0.2, 0.25) is 10.0 Å². The summed E-state index contributed by atoms with van der Waals surface area (Å²) in [5, 5.41) is 4.53. The van der Waals surface area contributed by atoms with Crippen molar-refractivity contribution in [3.8, 4) is 0 Å². The molecule has 94 valence electrons. The molecule has 2 rings (SSSR count). The maximum Gasteiger partial charge on any atom is 0.0612 e. The second-order valence-corrected chi connectivity index (χ2v) is 5.15. The molecule has 0 bridgehead atoms. The lowest BCUT2D eigenvalue weighted by Crippen LogP contribution is -2.09. The van der Waals surface area contributed by atoms with Gasteiger partial charge in [0.25, 0.3) is 0 Å². The number of rotatable bonds is 5. The number of hydrogen-bond acceptors (Lipinski definition) is 2. The molecule has 0 saturated carbocycles. The fourth-order valence-electron chi connectivity index (χ4n) is 2.04. The lowest BCUT2D eigenvalue weighted by Gasteiger charge is -2.10. The molecule has 4 heteroatoms. The Morgan fingerprint density at radius 1 is 1.29 bits per heavy atom. The van der Waals surface area contributed by atoms with Gasteiger partial charge in [-0.2, -0.15) is 0 Å². The molecule has 0 aromatic heterocycles. The first-order valence-electron chi connectivity index (χ1n) is 6.06. The summed E-state index contributed by atoms with van der Waals surface area (Å²) in [7, 11) is 0. The van der Waals surface area contributed by atoms with Gasteiger partial charge < -0.3 is 10.1 Å². The zero-order valence-corrected chi connectivity index (χ0v) is 11.2. The standard InChI is InChI=1S/C13H17Cl2NO/c14-12-6-5-10(9-13(12)15)16-7-1-3-11-4-2-8-17-11/h5-6,9,11,16H,1-4,7-8H2. The molecule has 1 unspecified atom stereocenters. The number of nitrogens with one attached hydrogen (secondary N) is 1. The van der Waals surface area contributed by atoms with Crippen molar-refractivity contribution in [2.45, 2.75) is 31.8 Å². The van der Waals surface area contributed by atoms with E-state index in [2.05, 4.69) is 5.32 Å². The number of ether oxygens (including phenoxy) is 1. The minimum absolute atomic E-state index is 0.477. The molecule has 2 nitrogen and oxygen atoms in total. The van der Waals surface area contributed by atoms with Crippen molar-refractivity contribution >= 4 is 28.9 Å². The highest BCUT2D eigenvalue weighted by Crippen LogP contribution is 2.25. The molecular formula is C13H17Cl2NO. The van der Waals surface area contributed by atoms with Crippen molar-refractivity contribution < 1.29 is 4.74 Å². The monoisotopic (exact) mass is 273 g/mol. The van der Waals surface area contributed by atoms with Crippen LogP contribution in [0.4, 0.5) is 5.69 Å². The highest BCUT2D eigenvalue weighted by molar-refractivity contribution is 6.42. The first kappa shape index (κ1) is 13.0. The normalized spacial score (nSPS) is 19.5. The van der Waals surface area contributed by atoms with Crippen LogP contribution in [0.1, 0.15) is 25.7 Å². The summed E-state index contributed by atoms with van der Waals surface area (Å²) in [5.74, 6) is 0. The predicted octanol–water partition coefficient (Wildman–Crippen LogP) is 4.36. The molecule has 1 aromatic rings. The van der Waals surface area contributed by atoms with Gasteiger partial charge in [-0.05, 0) is 43.9 Å². The van der Waals surface area contributed by atoms with E-state index in [1.165, 1.54) is 12.8 Å². The van der Waals surface area contributed by atoms with Gasteiger partial charge in [0.2, 0.25) is 0 Å². The number of hydrogen-bond donors (Lipinski definition) is 1. The van der Waals surface area contributed by atoms with E-state index >= 15 is 0 Å². The van der Waals surface area contributed by atoms with Crippen molar-refractivity contribution in [2.24, 2.45) is 0 Å². The summed E-state index contributed by atoms with van der Waals surface area (Å²) in [6.45, 7) is 1.88. The highest BCUT2D eigenvalue weighted by atomic mass is 35.5. The maximum atomic E-state index is 5.94. The fourth-order valence-corrected chi connectivity index (χ4v) is 2.34. The van der Waals surface area contributed by atoms with E-state index in [-0.39, 0.29) is 0 Å². The SMILES string of the molecule is Clc1ccc(NCCCC2CCCO2)cc1Cl. The van der Waals surface area contributed by atoms with Gasteiger partial charge in [-0.25, -0.2) is 0 Å². The van der Waals surface area contributed by atoms with E-state index < -0.39 is 0 Å². The second kappa shape index (κ2) is 6.48. The van der Waals surface area contributed by atoms with Crippen LogP contribution < -0.4 is 5.32 Å². The largest absolute Gasteiger partial charge is 0.385 e. The van der Waals surface area contributed by atoms with Gasteiger partial charge in [-0.15, -0.1) is 0 Å². The first-order chi connectivity index (χ1) is 8.25. The molecule has 1 aliphatic rings. The summed E-state index contributed by atoms with van der Waals surface area (Å²) in [4.78, 5) is 0. The average molecular weight is 274 g/mol. The Hall–Kier alpha value is -0.440.